The lowest BCUT2D eigenvalue weighted by molar-refractivity contribution is 0.00305. The number of para-hydroxylation sites is 1. The number of piperidine rings is 1. The van der Waals surface area contributed by atoms with E-state index in [-0.39, 0.29) is 5.60 Å². The van der Waals surface area contributed by atoms with E-state index in [1.807, 2.05) is 6.08 Å². The maximum atomic E-state index is 6.56. The summed E-state index contributed by atoms with van der Waals surface area (Å²) in [5, 5.41) is 0. The highest BCUT2D eigenvalue weighted by atomic mass is 16.5. The van der Waals surface area contributed by atoms with Crippen molar-refractivity contribution in [2.75, 3.05) is 19.6 Å². The van der Waals surface area contributed by atoms with Crippen LogP contribution >= 0.6 is 0 Å². The van der Waals surface area contributed by atoms with Gasteiger partial charge < -0.3 is 4.74 Å². The zero-order valence-corrected chi connectivity index (χ0v) is 12.7. The second-order valence-electron chi connectivity index (χ2n) is 6.25. The fraction of sp³-hybridized carbons (Fsp3) is 0.300. The van der Waals surface area contributed by atoms with E-state index in [9.17, 15) is 0 Å². The average Bonchev–Trinajstić information content (AvgIpc) is 2.91. The minimum Gasteiger partial charge on any atom is -0.482 e. The molecule has 2 nitrogen and oxygen atoms in total. The van der Waals surface area contributed by atoms with Crippen LogP contribution in [0.3, 0.4) is 0 Å². The largest absolute Gasteiger partial charge is 0.482 e. The van der Waals surface area contributed by atoms with E-state index in [1.54, 1.807) is 0 Å². The highest BCUT2D eigenvalue weighted by Gasteiger charge is 2.52. The molecule has 4 rings (SSSR count). The van der Waals surface area contributed by atoms with Crippen LogP contribution < -0.4 is 4.74 Å². The van der Waals surface area contributed by atoms with Crippen molar-refractivity contribution >= 4 is 0 Å². The second kappa shape index (κ2) is 5.29. The van der Waals surface area contributed by atoms with Gasteiger partial charge in [-0.2, -0.15) is 0 Å². The van der Waals surface area contributed by atoms with Gasteiger partial charge in [0.05, 0.1) is 0 Å². The van der Waals surface area contributed by atoms with Gasteiger partial charge in [-0.25, -0.2) is 0 Å². The summed E-state index contributed by atoms with van der Waals surface area (Å²) in [4.78, 5) is 2.48. The van der Waals surface area contributed by atoms with Gasteiger partial charge in [-0.3, -0.25) is 4.90 Å². The number of rotatable bonds is 3. The standard InChI is InChI=1S/C20H21NO/c1-2-13-21-14-12-20(16-8-4-3-5-9-16)18(15-21)17-10-6-7-11-19(17)22-20/h2-11,18H,1,12-15H2/t18-,20+/m1/s1. The van der Waals surface area contributed by atoms with E-state index < -0.39 is 0 Å². The van der Waals surface area contributed by atoms with Gasteiger partial charge >= 0.3 is 0 Å². The fourth-order valence-corrected chi connectivity index (χ4v) is 4.00. The number of ether oxygens (including phenoxy) is 1. The third-order valence-electron chi connectivity index (χ3n) is 5.04. The van der Waals surface area contributed by atoms with Crippen LogP contribution in [0.1, 0.15) is 23.5 Å². The van der Waals surface area contributed by atoms with E-state index >= 15 is 0 Å². The normalized spacial score (nSPS) is 26.8. The average molecular weight is 291 g/mol. The molecule has 0 radical (unpaired) electrons. The van der Waals surface area contributed by atoms with Crippen molar-refractivity contribution in [1.29, 1.82) is 0 Å². The Morgan fingerprint density at radius 3 is 2.73 bits per heavy atom. The molecule has 2 heterocycles. The van der Waals surface area contributed by atoms with Crippen LogP contribution in [0.5, 0.6) is 5.75 Å². The van der Waals surface area contributed by atoms with Gasteiger partial charge in [0.15, 0.2) is 0 Å². The van der Waals surface area contributed by atoms with Crippen LogP contribution in [0.15, 0.2) is 67.3 Å². The Morgan fingerprint density at radius 1 is 1.14 bits per heavy atom. The first kappa shape index (κ1) is 13.6. The maximum absolute atomic E-state index is 6.56. The summed E-state index contributed by atoms with van der Waals surface area (Å²) in [5.74, 6) is 1.44. The van der Waals surface area contributed by atoms with Crippen molar-refractivity contribution < 1.29 is 4.74 Å². The summed E-state index contributed by atoms with van der Waals surface area (Å²) in [6.45, 7) is 6.91. The maximum Gasteiger partial charge on any atom is 0.143 e. The molecule has 0 N–H and O–H groups in total. The van der Waals surface area contributed by atoms with Gasteiger partial charge in [0.1, 0.15) is 11.4 Å². The number of hydrogen-bond donors (Lipinski definition) is 0. The molecular weight excluding hydrogens is 270 g/mol. The van der Waals surface area contributed by atoms with Gasteiger partial charge in [-0.1, -0.05) is 54.6 Å². The van der Waals surface area contributed by atoms with Gasteiger partial charge in [0.25, 0.3) is 0 Å². The van der Waals surface area contributed by atoms with Crippen LogP contribution in [0.2, 0.25) is 0 Å². The lowest BCUT2D eigenvalue weighted by atomic mass is 9.74. The molecule has 2 aromatic carbocycles. The van der Waals surface area contributed by atoms with Crippen molar-refractivity contribution in [2.45, 2.75) is 17.9 Å². The quantitative estimate of drug-likeness (QED) is 0.794. The third-order valence-corrected chi connectivity index (χ3v) is 5.04. The van der Waals surface area contributed by atoms with Crippen molar-refractivity contribution in [3.8, 4) is 5.75 Å². The molecular formula is C20H21NO. The zero-order valence-electron chi connectivity index (χ0n) is 12.7. The number of benzene rings is 2. The van der Waals surface area contributed by atoms with Crippen molar-refractivity contribution in [3.63, 3.8) is 0 Å². The molecule has 22 heavy (non-hydrogen) atoms. The molecule has 0 amide bonds. The molecule has 1 fully saturated rings. The lowest BCUT2D eigenvalue weighted by Crippen LogP contribution is -2.48. The molecule has 2 aliphatic heterocycles. The van der Waals surface area contributed by atoms with Crippen molar-refractivity contribution in [1.82, 2.24) is 4.90 Å². The zero-order chi connectivity index (χ0) is 15.0. The summed E-state index contributed by atoms with van der Waals surface area (Å²) >= 11 is 0. The Hall–Kier alpha value is -2.06. The van der Waals surface area contributed by atoms with Gasteiger partial charge in [0, 0.05) is 37.5 Å². The lowest BCUT2D eigenvalue weighted by Gasteiger charge is -2.43. The van der Waals surface area contributed by atoms with E-state index in [4.69, 9.17) is 4.74 Å². The summed E-state index contributed by atoms with van der Waals surface area (Å²) in [6, 6.07) is 19.2. The Balaban J connectivity index is 1.79. The summed E-state index contributed by atoms with van der Waals surface area (Å²) in [6.07, 6.45) is 3.02. The summed E-state index contributed by atoms with van der Waals surface area (Å²) < 4.78 is 6.56. The van der Waals surface area contributed by atoms with Crippen LogP contribution in [0.4, 0.5) is 0 Å². The Morgan fingerprint density at radius 2 is 1.91 bits per heavy atom. The van der Waals surface area contributed by atoms with Gasteiger partial charge in [-0.15, -0.1) is 6.58 Å². The molecule has 2 atom stereocenters. The van der Waals surface area contributed by atoms with E-state index in [0.717, 1.165) is 31.8 Å². The monoisotopic (exact) mass is 291 g/mol. The Kier molecular flexibility index (Phi) is 3.27. The second-order valence-corrected chi connectivity index (χ2v) is 6.25. The molecule has 2 aromatic rings. The first-order chi connectivity index (χ1) is 10.8. The molecule has 2 aliphatic rings. The highest BCUT2D eigenvalue weighted by molar-refractivity contribution is 5.47. The Bertz CT molecular complexity index is 681. The molecule has 2 heteroatoms. The minimum absolute atomic E-state index is 0.206. The predicted molar refractivity (Wildman–Crippen MR) is 89.2 cm³/mol. The smallest absolute Gasteiger partial charge is 0.143 e. The molecule has 0 unspecified atom stereocenters. The Labute approximate surface area is 132 Å². The van der Waals surface area contributed by atoms with Crippen molar-refractivity contribution in [3.05, 3.63) is 78.4 Å². The molecule has 0 aliphatic carbocycles. The number of nitrogens with zero attached hydrogens (tertiary/aromatic N) is 1. The number of hydrogen-bond acceptors (Lipinski definition) is 2. The molecule has 0 aromatic heterocycles. The topological polar surface area (TPSA) is 12.5 Å². The van der Waals surface area contributed by atoms with Crippen LogP contribution in [0.25, 0.3) is 0 Å². The first-order valence-electron chi connectivity index (χ1n) is 8.00. The van der Waals surface area contributed by atoms with E-state index in [0.29, 0.717) is 5.92 Å². The van der Waals surface area contributed by atoms with Crippen molar-refractivity contribution in [2.24, 2.45) is 0 Å². The first-order valence-corrected chi connectivity index (χ1v) is 8.00. The number of likely N-dealkylation sites (tertiary alicyclic amines) is 1. The molecule has 0 spiro atoms. The third kappa shape index (κ3) is 1.98. The summed E-state index contributed by atoms with van der Waals surface area (Å²) in [5.41, 5.74) is 2.44. The minimum atomic E-state index is -0.206. The summed E-state index contributed by atoms with van der Waals surface area (Å²) in [7, 11) is 0. The number of fused-ring (bicyclic) bond motifs is 3. The molecule has 112 valence electrons. The van der Waals surface area contributed by atoms with E-state index in [2.05, 4.69) is 66.1 Å². The SMILES string of the molecule is C=CCN1CC[C@@]2(c3ccccc3)Oc3ccccc3[C@H]2C1. The van der Waals surface area contributed by atoms with Crippen LogP contribution in [-0.2, 0) is 5.60 Å². The highest BCUT2D eigenvalue weighted by Crippen LogP contribution is 2.54. The molecule has 0 bridgehead atoms. The van der Waals surface area contributed by atoms with Crippen LogP contribution in [-0.4, -0.2) is 24.5 Å². The predicted octanol–water partition coefficient (Wildman–Crippen LogP) is 3.95. The van der Waals surface area contributed by atoms with Crippen LogP contribution in [0, 0.1) is 0 Å². The molecule has 1 saturated heterocycles. The fourth-order valence-electron chi connectivity index (χ4n) is 4.00. The van der Waals surface area contributed by atoms with Gasteiger partial charge in [0.2, 0.25) is 0 Å². The van der Waals surface area contributed by atoms with Gasteiger partial charge in [-0.05, 0) is 11.6 Å². The van der Waals surface area contributed by atoms with E-state index in [1.165, 1.54) is 11.1 Å². The molecule has 0 saturated carbocycles.